The molecule has 0 bridgehead atoms. The standard InChI is InChI=1S/C20H26N2O4S/c1-13(2)22(14(3)4)18(23)11-26-19(24)10-16-12-27-20(21-16)15-6-8-17(25-5)9-7-15/h6-9,12-14H,10-11H2,1-5H3. The molecule has 0 aliphatic heterocycles. The van der Waals surface area contributed by atoms with Crippen molar-refractivity contribution in [2.24, 2.45) is 0 Å². The molecule has 0 N–H and O–H groups in total. The number of carbonyl (C=O) groups is 2. The fourth-order valence-electron chi connectivity index (χ4n) is 2.84. The molecule has 0 atom stereocenters. The molecule has 1 amide bonds. The first kappa shape index (κ1) is 20.9. The Morgan fingerprint density at radius 2 is 1.74 bits per heavy atom. The average molecular weight is 391 g/mol. The summed E-state index contributed by atoms with van der Waals surface area (Å²) in [5, 5.41) is 2.65. The maximum absolute atomic E-state index is 12.2. The number of methoxy groups -OCH3 is 1. The van der Waals surface area contributed by atoms with E-state index >= 15 is 0 Å². The van der Waals surface area contributed by atoms with Gasteiger partial charge in [0.15, 0.2) is 6.61 Å². The molecule has 0 fully saturated rings. The number of esters is 1. The molecule has 0 unspecified atom stereocenters. The summed E-state index contributed by atoms with van der Waals surface area (Å²) in [5.41, 5.74) is 1.59. The first-order chi connectivity index (χ1) is 12.8. The van der Waals surface area contributed by atoms with Crippen LogP contribution in [0.5, 0.6) is 5.75 Å². The number of carbonyl (C=O) groups excluding carboxylic acids is 2. The zero-order chi connectivity index (χ0) is 20.0. The average Bonchev–Trinajstić information content (AvgIpc) is 3.08. The van der Waals surface area contributed by atoms with E-state index in [1.807, 2.05) is 57.3 Å². The number of thiazole rings is 1. The highest BCUT2D eigenvalue weighted by Crippen LogP contribution is 2.25. The normalized spacial score (nSPS) is 10.9. The van der Waals surface area contributed by atoms with Crippen LogP contribution in [-0.2, 0) is 20.7 Å². The van der Waals surface area contributed by atoms with E-state index in [1.165, 1.54) is 11.3 Å². The van der Waals surface area contributed by atoms with E-state index in [2.05, 4.69) is 4.98 Å². The van der Waals surface area contributed by atoms with Gasteiger partial charge in [-0.25, -0.2) is 4.98 Å². The highest BCUT2D eigenvalue weighted by Gasteiger charge is 2.21. The number of hydrogen-bond acceptors (Lipinski definition) is 6. The second-order valence-corrected chi connectivity index (χ2v) is 7.56. The topological polar surface area (TPSA) is 68.7 Å². The summed E-state index contributed by atoms with van der Waals surface area (Å²) >= 11 is 1.46. The number of hydrogen-bond donors (Lipinski definition) is 0. The predicted octanol–water partition coefficient (Wildman–Crippen LogP) is 3.55. The Morgan fingerprint density at radius 1 is 1.11 bits per heavy atom. The maximum atomic E-state index is 12.2. The van der Waals surface area contributed by atoms with E-state index in [-0.39, 0.29) is 31.0 Å². The van der Waals surface area contributed by atoms with Crippen molar-refractivity contribution in [2.75, 3.05) is 13.7 Å². The second kappa shape index (κ2) is 9.50. The lowest BCUT2D eigenvalue weighted by Gasteiger charge is -2.30. The molecular formula is C20H26N2O4S. The van der Waals surface area contributed by atoms with E-state index in [9.17, 15) is 9.59 Å². The van der Waals surface area contributed by atoms with Crippen molar-refractivity contribution < 1.29 is 19.1 Å². The zero-order valence-corrected chi connectivity index (χ0v) is 17.2. The third kappa shape index (κ3) is 5.79. The quantitative estimate of drug-likeness (QED) is 0.645. The van der Waals surface area contributed by atoms with Crippen LogP contribution in [0.4, 0.5) is 0 Å². The number of benzene rings is 1. The molecule has 0 saturated carbocycles. The number of aromatic nitrogens is 1. The van der Waals surface area contributed by atoms with Crippen molar-refractivity contribution in [1.29, 1.82) is 0 Å². The number of ether oxygens (including phenoxy) is 2. The van der Waals surface area contributed by atoms with Crippen LogP contribution in [0.1, 0.15) is 33.4 Å². The Labute approximate surface area is 164 Å². The van der Waals surface area contributed by atoms with Gasteiger partial charge in [0.25, 0.3) is 5.91 Å². The zero-order valence-electron chi connectivity index (χ0n) is 16.4. The van der Waals surface area contributed by atoms with Crippen molar-refractivity contribution in [3.63, 3.8) is 0 Å². The van der Waals surface area contributed by atoms with Crippen molar-refractivity contribution in [3.8, 4) is 16.3 Å². The molecule has 0 radical (unpaired) electrons. The number of amides is 1. The summed E-state index contributed by atoms with van der Waals surface area (Å²) in [6, 6.07) is 7.69. The van der Waals surface area contributed by atoms with Gasteiger partial charge in [-0.2, -0.15) is 0 Å². The molecule has 1 aromatic heterocycles. The minimum Gasteiger partial charge on any atom is -0.497 e. The summed E-state index contributed by atoms with van der Waals surface area (Å²) in [5.74, 6) is 0.133. The van der Waals surface area contributed by atoms with Gasteiger partial charge in [0.1, 0.15) is 10.8 Å². The molecule has 6 nitrogen and oxygen atoms in total. The molecule has 0 spiro atoms. The van der Waals surface area contributed by atoms with Gasteiger partial charge in [-0.05, 0) is 52.0 Å². The smallest absolute Gasteiger partial charge is 0.312 e. The molecular weight excluding hydrogens is 364 g/mol. The largest absolute Gasteiger partial charge is 0.497 e. The molecule has 0 saturated heterocycles. The lowest BCUT2D eigenvalue weighted by molar-refractivity contribution is -0.153. The number of rotatable bonds is 8. The molecule has 2 aromatic rings. The van der Waals surface area contributed by atoms with Gasteiger partial charge < -0.3 is 14.4 Å². The first-order valence-corrected chi connectivity index (χ1v) is 9.75. The van der Waals surface area contributed by atoms with E-state index in [0.717, 1.165) is 16.3 Å². The fourth-order valence-corrected chi connectivity index (χ4v) is 3.67. The fraction of sp³-hybridized carbons (Fsp3) is 0.450. The van der Waals surface area contributed by atoms with Crippen LogP contribution in [0.2, 0.25) is 0 Å². The van der Waals surface area contributed by atoms with Crippen LogP contribution in [0.3, 0.4) is 0 Å². The lowest BCUT2D eigenvalue weighted by atomic mass is 10.2. The summed E-state index contributed by atoms with van der Waals surface area (Å²) < 4.78 is 10.3. The van der Waals surface area contributed by atoms with Gasteiger partial charge in [-0.3, -0.25) is 9.59 Å². The summed E-state index contributed by atoms with van der Waals surface area (Å²) in [4.78, 5) is 30.5. The highest BCUT2D eigenvalue weighted by atomic mass is 32.1. The van der Waals surface area contributed by atoms with E-state index in [0.29, 0.717) is 5.69 Å². The monoisotopic (exact) mass is 390 g/mol. The number of nitrogens with zero attached hydrogens (tertiary/aromatic N) is 2. The molecule has 7 heteroatoms. The Bertz CT molecular complexity index is 761. The van der Waals surface area contributed by atoms with Gasteiger partial charge in [0, 0.05) is 23.0 Å². The Morgan fingerprint density at radius 3 is 2.30 bits per heavy atom. The molecule has 0 aliphatic rings. The maximum Gasteiger partial charge on any atom is 0.312 e. The second-order valence-electron chi connectivity index (χ2n) is 6.70. The third-order valence-corrected chi connectivity index (χ3v) is 4.91. The Balaban J connectivity index is 1.91. The van der Waals surface area contributed by atoms with Crippen molar-refractivity contribution in [2.45, 2.75) is 46.2 Å². The third-order valence-electron chi connectivity index (χ3n) is 3.97. The Kier molecular flexibility index (Phi) is 7.36. The molecule has 0 aliphatic carbocycles. The molecule has 1 heterocycles. The highest BCUT2D eigenvalue weighted by molar-refractivity contribution is 7.13. The van der Waals surface area contributed by atoms with Crippen LogP contribution in [0, 0.1) is 0 Å². The SMILES string of the molecule is COc1ccc(-c2nc(CC(=O)OCC(=O)N(C(C)C)C(C)C)cs2)cc1. The predicted molar refractivity (Wildman–Crippen MR) is 106 cm³/mol. The van der Waals surface area contributed by atoms with E-state index in [4.69, 9.17) is 9.47 Å². The minimum atomic E-state index is -0.456. The molecule has 146 valence electrons. The van der Waals surface area contributed by atoms with Crippen molar-refractivity contribution in [3.05, 3.63) is 35.3 Å². The summed E-state index contributed by atoms with van der Waals surface area (Å²) in [6.07, 6.45) is 0.0449. The molecule has 27 heavy (non-hydrogen) atoms. The van der Waals surface area contributed by atoms with Crippen LogP contribution in [0.25, 0.3) is 10.6 Å². The van der Waals surface area contributed by atoms with Crippen molar-refractivity contribution >= 4 is 23.2 Å². The summed E-state index contributed by atoms with van der Waals surface area (Å²) in [7, 11) is 1.62. The minimum absolute atomic E-state index is 0.0449. The van der Waals surface area contributed by atoms with Crippen LogP contribution >= 0.6 is 11.3 Å². The van der Waals surface area contributed by atoms with Gasteiger partial charge in [-0.15, -0.1) is 11.3 Å². The van der Waals surface area contributed by atoms with Gasteiger partial charge in [-0.1, -0.05) is 0 Å². The van der Waals surface area contributed by atoms with Gasteiger partial charge in [0.05, 0.1) is 19.2 Å². The van der Waals surface area contributed by atoms with Gasteiger partial charge >= 0.3 is 5.97 Å². The first-order valence-electron chi connectivity index (χ1n) is 8.87. The van der Waals surface area contributed by atoms with Crippen LogP contribution < -0.4 is 4.74 Å². The molecule has 2 rings (SSSR count). The Hall–Kier alpha value is -2.41. The van der Waals surface area contributed by atoms with Crippen molar-refractivity contribution in [1.82, 2.24) is 9.88 Å². The van der Waals surface area contributed by atoms with E-state index in [1.54, 1.807) is 12.0 Å². The molecule has 1 aromatic carbocycles. The lowest BCUT2D eigenvalue weighted by Crippen LogP contribution is -2.44. The van der Waals surface area contributed by atoms with Gasteiger partial charge in [0.2, 0.25) is 0 Å². The van der Waals surface area contributed by atoms with Crippen LogP contribution in [0.15, 0.2) is 29.6 Å². The summed E-state index contributed by atoms with van der Waals surface area (Å²) in [6.45, 7) is 7.52. The van der Waals surface area contributed by atoms with Crippen LogP contribution in [-0.4, -0.2) is 47.6 Å². The van der Waals surface area contributed by atoms with E-state index < -0.39 is 5.97 Å².